The van der Waals surface area contributed by atoms with E-state index in [0.29, 0.717) is 0 Å². The molecule has 0 heterocycles. The predicted molar refractivity (Wildman–Crippen MR) is 82.9 cm³/mol. The first-order valence-corrected chi connectivity index (χ1v) is 6.71. The van der Waals surface area contributed by atoms with Gasteiger partial charge >= 0.3 is 0 Å². The molecule has 4 heteroatoms. The quantitative estimate of drug-likeness (QED) is 0.657. The number of halogens is 1. The van der Waals surface area contributed by atoms with E-state index < -0.39 is 0 Å². The molecule has 0 spiro atoms. The van der Waals surface area contributed by atoms with Crippen molar-refractivity contribution in [3.05, 3.63) is 57.6 Å². The number of hydrazone groups is 1. The molecule has 98 valence electrons. The number of nitrogens with zero attached hydrogens (tertiary/aromatic N) is 1. The van der Waals surface area contributed by atoms with Crippen molar-refractivity contribution in [2.45, 2.75) is 13.8 Å². The number of anilines is 1. The second kappa shape index (κ2) is 5.89. The van der Waals surface area contributed by atoms with Crippen molar-refractivity contribution < 1.29 is 5.11 Å². The van der Waals surface area contributed by atoms with Crippen molar-refractivity contribution >= 4 is 27.8 Å². The van der Waals surface area contributed by atoms with Gasteiger partial charge in [-0.1, -0.05) is 34.1 Å². The summed E-state index contributed by atoms with van der Waals surface area (Å²) in [6, 6.07) is 11.6. The zero-order valence-electron chi connectivity index (χ0n) is 10.8. The van der Waals surface area contributed by atoms with Crippen LogP contribution in [0.15, 0.2) is 46.0 Å². The molecule has 2 aromatic rings. The van der Waals surface area contributed by atoms with Crippen LogP contribution in [0.25, 0.3) is 0 Å². The Hall–Kier alpha value is -1.81. The fourth-order valence-electron chi connectivity index (χ4n) is 1.73. The van der Waals surface area contributed by atoms with Crippen LogP contribution < -0.4 is 5.43 Å². The van der Waals surface area contributed by atoms with E-state index in [4.69, 9.17) is 0 Å². The lowest BCUT2D eigenvalue weighted by atomic mass is 10.0. The summed E-state index contributed by atoms with van der Waals surface area (Å²) in [4.78, 5) is 0. The second-order valence-electron chi connectivity index (χ2n) is 4.30. The molecule has 0 atom stereocenters. The summed E-state index contributed by atoms with van der Waals surface area (Å²) >= 11 is 3.47. The number of aromatic hydroxyl groups is 1. The Labute approximate surface area is 121 Å². The van der Waals surface area contributed by atoms with Crippen LogP contribution in [0.4, 0.5) is 5.69 Å². The van der Waals surface area contributed by atoms with Gasteiger partial charge in [0.1, 0.15) is 5.75 Å². The second-order valence-corrected chi connectivity index (χ2v) is 5.15. The monoisotopic (exact) mass is 318 g/mol. The van der Waals surface area contributed by atoms with Gasteiger partial charge in [0.05, 0.1) is 11.9 Å². The van der Waals surface area contributed by atoms with E-state index in [0.717, 1.165) is 26.9 Å². The summed E-state index contributed by atoms with van der Waals surface area (Å²) in [5.74, 6) is 0.263. The fourth-order valence-corrected chi connectivity index (χ4v) is 2.28. The standard InChI is InChI=1S/C15H15BrN2O/c1-10-8-14(16)11(2)13(15(10)19)9-17-18-12-6-4-3-5-7-12/h3-9,18-19H,1-2H3. The maximum Gasteiger partial charge on any atom is 0.127 e. The number of para-hydroxylation sites is 1. The van der Waals surface area contributed by atoms with E-state index in [1.807, 2.05) is 50.2 Å². The highest BCUT2D eigenvalue weighted by Crippen LogP contribution is 2.30. The number of hydrogen-bond acceptors (Lipinski definition) is 3. The summed E-state index contributed by atoms with van der Waals surface area (Å²) in [6.07, 6.45) is 1.63. The van der Waals surface area contributed by atoms with Gasteiger partial charge in [-0.15, -0.1) is 0 Å². The number of phenolic OH excluding ortho intramolecular Hbond substituents is 1. The maximum atomic E-state index is 10.1. The van der Waals surface area contributed by atoms with E-state index >= 15 is 0 Å². The number of hydrogen-bond donors (Lipinski definition) is 2. The van der Waals surface area contributed by atoms with Gasteiger partial charge in [-0.2, -0.15) is 5.10 Å². The van der Waals surface area contributed by atoms with E-state index in [9.17, 15) is 5.11 Å². The van der Waals surface area contributed by atoms with Crippen molar-refractivity contribution in [1.29, 1.82) is 0 Å². The normalized spacial score (nSPS) is 10.9. The van der Waals surface area contributed by atoms with Crippen molar-refractivity contribution in [1.82, 2.24) is 0 Å². The van der Waals surface area contributed by atoms with Gasteiger partial charge in [0, 0.05) is 10.0 Å². The van der Waals surface area contributed by atoms with E-state index in [1.54, 1.807) is 6.21 Å². The Morgan fingerprint density at radius 3 is 2.58 bits per heavy atom. The van der Waals surface area contributed by atoms with Crippen LogP contribution in [0.1, 0.15) is 16.7 Å². The number of rotatable bonds is 3. The Morgan fingerprint density at radius 2 is 1.89 bits per heavy atom. The van der Waals surface area contributed by atoms with Crippen LogP contribution in [-0.2, 0) is 0 Å². The van der Waals surface area contributed by atoms with Crippen molar-refractivity contribution in [2.75, 3.05) is 5.43 Å². The first kappa shape index (κ1) is 13.6. The minimum absolute atomic E-state index is 0.263. The van der Waals surface area contributed by atoms with Crippen LogP contribution in [0.3, 0.4) is 0 Å². The minimum Gasteiger partial charge on any atom is -0.507 e. The molecule has 0 amide bonds. The third-order valence-corrected chi connectivity index (χ3v) is 3.72. The van der Waals surface area contributed by atoms with Gasteiger partial charge < -0.3 is 5.11 Å². The fraction of sp³-hybridized carbons (Fsp3) is 0.133. The molecule has 0 aliphatic heterocycles. The predicted octanol–water partition coefficient (Wildman–Crippen LogP) is 4.22. The Balaban J connectivity index is 2.24. The first-order valence-electron chi connectivity index (χ1n) is 5.92. The molecule has 2 N–H and O–H groups in total. The molecule has 0 saturated carbocycles. The molecule has 0 bridgehead atoms. The molecular formula is C15H15BrN2O. The van der Waals surface area contributed by atoms with Crippen LogP contribution >= 0.6 is 15.9 Å². The molecule has 0 aliphatic rings. The van der Waals surface area contributed by atoms with E-state index in [2.05, 4.69) is 26.5 Å². The van der Waals surface area contributed by atoms with Crippen LogP contribution in [0.5, 0.6) is 5.75 Å². The summed E-state index contributed by atoms with van der Waals surface area (Å²) in [5.41, 5.74) is 6.33. The molecule has 0 aliphatic carbocycles. The summed E-state index contributed by atoms with van der Waals surface area (Å²) in [7, 11) is 0. The molecule has 2 rings (SSSR count). The van der Waals surface area contributed by atoms with Gasteiger partial charge in [0.25, 0.3) is 0 Å². The van der Waals surface area contributed by atoms with E-state index in [1.165, 1.54) is 0 Å². The number of aryl methyl sites for hydroxylation is 1. The third kappa shape index (κ3) is 3.15. The van der Waals surface area contributed by atoms with Gasteiger partial charge in [0.15, 0.2) is 0 Å². The van der Waals surface area contributed by atoms with E-state index in [-0.39, 0.29) is 5.75 Å². The Morgan fingerprint density at radius 1 is 1.21 bits per heavy atom. The van der Waals surface area contributed by atoms with Gasteiger partial charge in [-0.25, -0.2) is 0 Å². The largest absolute Gasteiger partial charge is 0.507 e. The molecule has 0 unspecified atom stereocenters. The highest BCUT2D eigenvalue weighted by molar-refractivity contribution is 9.10. The summed E-state index contributed by atoms with van der Waals surface area (Å²) < 4.78 is 0.962. The van der Waals surface area contributed by atoms with Crippen molar-refractivity contribution in [2.24, 2.45) is 5.10 Å². The molecule has 2 aromatic carbocycles. The Bertz CT molecular complexity index is 583. The number of nitrogens with one attached hydrogen (secondary N) is 1. The highest BCUT2D eigenvalue weighted by Gasteiger charge is 2.09. The maximum absolute atomic E-state index is 10.1. The average molecular weight is 319 g/mol. The van der Waals surface area contributed by atoms with Gasteiger partial charge in [-0.3, -0.25) is 5.43 Å². The number of benzene rings is 2. The summed E-state index contributed by atoms with van der Waals surface area (Å²) in [5, 5.41) is 14.2. The molecular weight excluding hydrogens is 304 g/mol. The van der Waals surface area contributed by atoms with Gasteiger partial charge in [0.2, 0.25) is 0 Å². The van der Waals surface area contributed by atoms with Gasteiger partial charge in [-0.05, 0) is 43.2 Å². The molecule has 0 fully saturated rings. The zero-order valence-corrected chi connectivity index (χ0v) is 12.4. The third-order valence-electron chi connectivity index (χ3n) is 2.90. The summed E-state index contributed by atoms with van der Waals surface area (Å²) in [6.45, 7) is 3.80. The zero-order chi connectivity index (χ0) is 13.8. The number of phenols is 1. The molecule has 3 nitrogen and oxygen atoms in total. The topological polar surface area (TPSA) is 44.6 Å². The minimum atomic E-state index is 0.263. The lowest BCUT2D eigenvalue weighted by molar-refractivity contribution is 0.469. The van der Waals surface area contributed by atoms with Crippen molar-refractivity contribution in [3.8, 4) is 5.75 Å². The lowest BCUT2D eigenvalue weighted by Crippen LogP contribution is -1.95. The molecule has 0 aromatic heterocycles. The molecule has 19 heavy (non-hydrogen) atoms. The molecule has 0 saturated heterocycles. The highest BCUT2D eigenvalue weighted by atomic mass is 79.9. The average Bonchev–Trinajstić information content (AvgIpc) is 2.42. The SMILES string of the molecule is Cc1cc(Br)c(C)c(C=NNc2ccccc2)c1O. The lowest BCUT2D eigenvalue weighted by Gasteiger charge is -2.09. The van der Waals surface area contributed by atoms with Crippen LogP contribution in [-0.4, -0.2) is 11.3 Å². The Kier molecular flexibility index (Phi) is 4.22. The smallest absolute Gasteiger partial charge is 0.127 e. The van der Waals surface area contributed by atoms with Crippen LogP contribution in [0.2, 0.25) is 0 Å². The molecule has 0 radical (unpaired) electrons. The van der Waals surface area contributed by atoms with Crippen LogP contribution in [0, 0.1) is 13.8 Å². The first-order chi connectivity index (χ1) is 9.09. The van der Waals surface area contributed by atoms with Crippen molar-refractivity contribution in [3.63, 3.8) is 0 Å².